The van der Waals surface area contributed by atoms with Gasteiger partial charge in [-0.05, 0) is 45.4 Å². The molecule has 1 saturated carbocycles. The van der Waals surface area contributed by atoms with Crippen molar-refractivity contribution in [3.05, 3.63) is 0 Å². The average molecular weight is 254 g/mol. The molecule has 0 aromatic rings. The van der Waals surface area contributed by atoms with Crippen LogP contribution in [0.2, 0.25) is 0 Å². The summed E-state index contributed by atoms with van der Waals surface area (Å²) in [5, 5.41) is 0. The first kappa shape index (κ1) is 13.8. The van der Waals surface area contributed by atoms with E-state index < -0.39 is 0 Å². The van der Waals surface area contributed by atoms with E-state index in [4.69, 9.17) is 10.5 Å². The summed E-state index contributed by atoms with van der Waals surface area (Å²) in [6.45, 7) is 4.48. The van der Waals surface area contributed by atoms with E-state index in [1.165, 1.54) is 0 Å². The topological polar surface area (TPSA) is 55.6 Å². The van der Waals surface area contributed by atoms with Crippen LogP contribution in [0.4, 0.5) is 0 Å². The van der Waals surface area contributed by atoms with E-state index in [-0.39, 0.29) is 12.0 Å². The number of hydrogen-bond acceptors (Lipinski definition) is 3. The highest BCUT2D eigenvalue weighted by atomic mass is 16.5. The smallest absolute Gasteiger partial charge is 0.225 e. The largest absolute Gasteiger partial charge is 0.376 e. The molecular formula is C14H26N2O2. The van der Waals surface area contributed by atoms with Gasteiger partial charge in [0.25, 0.3) is 0 Å². The first-order chi connectivity index (χ1) is 8.70. The number of likely N-dealkylation sites (N-methyl/N-ethyl adjacent to an activating group) is 1. The Hall–Kier alpha value is -0.610. The van der Waals surface area contributed by atoms with Crippen molar-refractivity contribution < 1.29 is 9.53 Å². The first-order valence-electron chi connectivity index (χ1n) is 7.36. The van der Waals surface area contributed by atoms with Gasteiger partial charge in [0.2, 0.25) is 5.91 Å². The van der Waals surface area contributed by atoms with Crippen LogP contribution in [0, 0.1) is 5.92 Å². The normalized spacial score (nSPS) is 32.4. The van der Waals surface area contributed by atoms with Crippen LogP contribution in [-0.4, -0.2) is 42.6 Å². The van der Waals surface area contributed by atoms with E-state index in [9.17, 15) is 4.79 Å². The number of hydrogen-bond donors (Lipinski definition) is 1. The van der Waals surface area contributed by atoms with Crippen molar-refractivity contribution >= 4 is 5.91 Å². The number of carbonyl (C=O) groups excluding carboxylic acids is 1. The fraction of sp³-hybridized carbons (Fsp3) is 0.929. The predicted octanol–water partition coefficient (Wildman–Crippen LogP) is 1.53. The lowest BCUT2D eigenvalue weighted by Crippen LogP contribution is -2.42. The van der Waals surface area contributed by atoms with Crippen LogP contribution in [0.1, 0.15) is 45.4 Å². The van der Waals surface area contributed by atoms with Crippen molar-refractivity contribution in [2.75, 3.05) is 19.7 Å². The van der Waals surface area contributed by atoms with E-state index in [0.717, 1.165) is 58.2 Å². The lowest BCUT2D eigenvalue weighted by atomic mass is 9.85. The third kappa shape index (κ3) is 3.45. The Balaban J connectivity index is 1.84. The zero-order valence-corrected chi connectivity index (χ0v) is 11.4. The molecule has 1 heterocycles. The standard InChI is InChI=1S/C14H26N2O2/c1-2-16(10-13-4-3-9-18-13)14(17)11-5-7-12(15)8-6-11/h11-13H,2-10,15H2,1H3. The summed E-state index contributed by atoms with van der Waals surface area (Å²) in [6, 6.07) is 0.308. The van der Waals surface area contributed by atoms with Gasteiger partial charge in [-0.3, -0.25) is 4.79 Å². The molecule has 2 aliphatic rings. The summed E-state index contributed by atoms with van der Waals surface area (Å²) in [5.74, 6) is 0.519. The quantitative estimate of drug-likeness (QED) is 0.828. The second-order valence-electron chi connectivity index (χ2n) is 5.62. The molecule has 2 rings (SSSR count). The molecule has 2 fully saturated rings. The van der Waals surface area contributed by atoms with Gasteiger partial charge in [0, 0.05) is 31.7 Å². The highest BCUT2D eigenvalue weighted by Gasteiger charge is 2.29. The summed E-state index contributed by atoms with van der Waals surface area (Å²) in [5.41, 5.74) is 5.89. The maximum atomic E-state index is 12.5. The molecule has 0 aromatic carbocycles. The third-order valence-electron chi connectivity index (χ3n) is 4.26. The van der Waals surface area contributed by atoms with Crippen molar-refractivity contribution in [3.63, 3.8) is 0 Å². The molecule has 0 spiro atoms. The number of carbonyl (C=O) groups is 1. The summed E-state index contributed by atoms with van der Waals surface area (Å²) in [7, 11) is 0. The molecule has 18 heavy (non-hydrogen) atoms. The molecule has 2 N–H and O–H groups in total. The molecule has 1 amide bonds. The van der Waals surface area contributed by atoms with Gasteiger partial charge in [0.1, 0.15) is 0 Å². The molecule has 1 unspecified atom stereocenters. The maximum absolute atomic E-state index is 12.5. The minimum Gasteiger partial charge on any atom is -0.376 e. The first-order valence-corrected chi connectivity index (χ1v) is 7.36. The molecule has 0 radical (unpaired) electrons. The van der Waals surface area contributed by atoms with Gasteiger partial charge in [0.15, 0.2) is 0 Å². The molecule has 0 aromatic heterocycles. The van der Waals surface area contributed by atoms with Crippen LogP contribution >= 0.6 is 0 Å². The molecule has 1 atom stereocenters. The molecule has 1 aliphatic carbocycles. The Kier molecular flexibility index (Phi) is 5.01. The zero-order valence-electron chi connectivity index (χ0n) is 11.4. The number of ether oxygens (including phenoxy) is 1. The summed E-state index contributed by atoms with van der Waals surface area (Å²) in [4.78, 5) is 14.4. The summed E-state index contributed by atoms with van der Waals surface area (Å²) < 4.78 is 5.63. The fourth-order valence-electron chi connectivity index (χ4n) is 3.03. The number of nitrogens with zero attached hydrogens (tertiary/aromatic N) is 1. The van der Waals surface area contributed by atoms with Crippen molar-refractivity contribution in [3.8, 4) is 0 Å². The van der Waals surface area contributed by atoms with E-state index in [0.29, 0.717) is 11.9 Å². The SMILES string of the molecule is CCN(CC1CCCO1)C(=O)C1CCC(N)CC1. The second kappa shape index (κ2) is 6.53. The van der Waals surface area contributed by atoms with Gasteiger partial charge in [0.05, 0.1) is 6.10 Å². The van der Waals surface area contributed by atoms with E-state index in [1.807, 2.05) is 4.90 Å². The van der Waals surface area contributed by atoms with Gasteiger partial charge in [-0.25, -0.2) is 0 Å². The Morgan fingerprint density at radius 3 is 2.56 bits per heavy atom. The highest BCUT2D eigenvalue weighted by molar-refractivity contribution is 5.79. The monoisotopic (exact) mass is 254 g/mol. The lowest BCUT2D eigenvalue weighted by molar-refractivity contribution is -0.138. The van der Waals surface area contributed by atoms with Gasteiger partial charge >= 0.3 is 0 Å². The Bertz CT molecular complexity index is 269. The molecule has 4 nitrogen and oxygen atoms in total. The van der Waals surface area contributed by atoms with E-state index in [1.54, 1.807) is 0 Å². The van der Waals surface area contributed by atoms with Gasteiger partial charge in [-0.15, -0.1) is 0 Å². The molecule has 1 saturated heterocycles. The van der Waals surface area contributed by atoms with Crippen molar-refractivity contribution in [1.82, 2.24) is 4.90 Å². The fourth-order valence-corrected chi connectivity index (χ4v) is 3.03. The van der Waals surface area contributed by atoms with Crippen molar-refractivity contribution in [2.45, 2.75) is 57.6 Å². The van der Waals surface area contributed by atoms with Crippen LogP contribution in [0.15, 0.2) is 0 Å². The molecule has 4 heteroatoms. The molecule has 1 aliphatic heterocycles. The van der Waals surface area contributed by atoms with Gasteiger partial charge in [-0.1, -0.05) is 0 Å². The van der Waals surface area contributed by atoms with Crippen LogP contribution in [0.3, 0.4) is 0 Å². The Morgan fingerprint density at radius 2 is 2.00 bits per heavy atom. The molecular weight excluding hydrogens is 228 g/mol. The van der Waals surface area contributed by atoms with Crippen molar-refractivity contribution in [2.24, 2.45) is 11.7 Å². The number of nitrogens with two attached hydrogens (primary N) is 1. The molecule has 0 bridgehead atoms. The minimum absolute atomic E-state index is 0.200. The van der Waals surface area contributed by atoms with Gasteiger partial charge < -0.3 is 15.4 Å². The minimum atomic E-state index is 0.200. The summed E-state index contributed by atoms with van der Waals surface area (Å²) >= 11 is 0. The van der Waals surface area contributed by atoms with E-state index >= 15 is 0 Å². The van der Waals surface area contributed by atoms with Crippen LogP contribution < -0.4 is 5.73 Å². The Morgan fingerprint density at radius 1 is 1.28 bits per heavy atom. The number of rotatable bonds is 4. The zero-order chi connectivity index (χ0) is 13.0. The summed E-state index contributed by atoms with van der Waals surface area (Å²) in [6.07, 6.45) is 6.40. The maximum Gasteiger partial charge on any atom is 0.225 e. The van der Waals surface area contributed by atoms with Crippen LogP contribution in [0.5, 0.6) is 0 Å². The number of amides is 1. The van der Waals surface area contributed by atoms with Gasteiger partial charge in [-0.2, -0.15) is 0 Å². The Labute approximate surface area is 110 Å². The van der Waals surface area contributed by atoms with E-state index in [2.05, 4.69) is 6.92 Å². The predicted molar refractivity (Wildman–Crippen MR) is 71.2 cm³/mol. The van der Waals surface area contributed by atoms with Crippen LogP contribution in [0.25, 0.3) is 0 Å². The molecule has 104 valence electrons. The average Bonchev–Trinajstić information content (AvgIpc) is 2.89. The second-order valence-corrected chi connectivity index (χ2v) is 5.62. The lowest BCUT2D eigenvalue weighted by Gasteiger charge is -2.31. The van der Waals surface area contributed by atoms with Crippen molar-refractivity contribution in [1.29, 1.82) is 0 Å². The third-order valence-corrected chi connectivity index (χ3v) is 4.26. The van der Waals surface area contributed by atoms with Crippen LogP contribution in [-0.2, 0) is 9.53 Å². The highest BCUT2D eigenvalue weighted by Crippen LogP contribution is 2.25.